The first kappa shape index (κ1) is 15.3. The molecule has 19 heavy (non-hydrogen) atoms. The smallest absolute Gasteiger partial charge is 0.0249 e. The van der Waals surface area contributed by atoms with Crippen LogP contribution in [0.1, 0.15) is 66.2 Å². The molecule has 1 saturated carbocycles. The topological polar surface area (TPSA) is 29.3 Å². The van der Waals surface area contributed by atoms with Crippen LogP contribution in [0.5, 0.6) is 0 Å². The third-order valence-electron chi connectivity index (χ3n) is 5.78. The van der Waals surface area contributed by atoms with Gasteiger partial charge in [0, 0.05) is 12.1 Å². The zero-order valence-electron chi connectivity index (χ0n) is 13.5. The van der Waals surface area contributed by atoms with Crippen molar-refractivity contribution in [2.75, 3.05) is 13.1 Å². The van der Waals surface area contributed by atoms with Gasteiger partial charge in [-0.05, 0) is 62.4 Å². The van der Waals surface area contributed by atoms with E-state index >= 15 is 0 Å². The summed E-state index contributed by atoms with van der Waals surface area (Å²) in [5.74, 6) is 1.82. The molecule has 3 atom stereocenters. The summed E-state index contributed by atoms with van der Waals surface area (Å²) in [7, 11) is 0. The van der Waals surface area contributed by atoms with E-state index in [1.54, 1.807) is 0 Å². The highest BCUT2D eigenvalue weighted by molar-refractivity contribution is 4.92. The van der Waals surface area contributed by atoms with E-state index in [4.69, 9.17) is 5.73 Å². The number of hydrogen-bond donors (Lipinski definition) is 1. The maximum Gasteiger partial charge on any atom is 0.0249 e. The SMILES string of the molecule is CCC1CCC(N)C(N2CCC(C(C)(C)C)CC2)C1. The fourth-order valence-corrected chi connectivity index (χ4v) is 4.14. The van der Waals surface area contributed by atoms with Crippen LogP contribution in [-0.2, 0) is 0 Å². The van der Waals surface area contributed by atoms with Crippen LogP contribution >= 0.6 is 0 Å². The molecule has 0 aromatic heterocycles. The summed E-state index contributed by atoms with van der Waals surface area (Å²) < 4.78 is 0. The number of hydrogen-bond acceptors (Lipinski definition) is 2. The number of nitrogens with two attached hydrogens (primary N) is 1. The number of likely N-dealkylation sites (tertiary alicyclic amines) is 1. The Labute approximate surface area is 120 Å². The standard InChI is InChI=1S/C17H34N2/c1-5-13-6-7-15(18)16(12-13)19-10-8-14(9-11-19)17(2,3)4/h13-16H,5-12,18H2,1-4H3. The molecule has 1 saturated heterocycles. The highest BCUT2D eigenvalue weighted by Gasteiger charge is 2.35. The maximum atomic E-state index is 6.41. The van der Waals surface area contributed by atoms with Crippen molar-refractivity contribution in [1.29, 1.82) is 0 Å². The molecule has 2 N–H and O–H groups in total. The van der Waals surface area contributed by atoms with Gasteiger partial charge in [-0.2, -0.15) is 0 Å². The summed E-state index contributed by atoms with van der Waals surface area (Å²) in [6.07, 6.45) is 8.00. The minimum Gasteiger partial charge on any atom is -0.326 e. The molecule has 1 heterocycles. The maximum absolute atomic E-state index is 6.41. The third kappa shape index (κ3) is 3.72. The quantitative estimate of drug-likeness (QED) is 0.826. The van der Waals surface area contributed by atoms with Crippen molar-refractivity contribution in [2.24, 2.45) is 23.0 Å². The Morgan fingerprint density at radius 3 is 2.21 bits per heavy atom. The van der Waals surface area contributed by atoms with E-state index in [1.807, 2.05) is 0 Å². The van der Waals surface area contributed by atoms with Crippen LogP contribution < -0.4 is 5.73 Å². The predicted octanol–water partition coefficient (Wildman–Crippen LogP) is 3.65. The van der Waals surface area contributed by atoms with Gasteiger partial charge in [0.15, 0.2) is 0 Å². The predicted molar refractivity (Wildman–Crippen MR) is 83.1 cm³/mol. The summed E-state index contributed by atoms with van der Waals surface area (Å²) >= 11 is 0. The molecule has 1 aliphatic heterocycles. The van der Waals surface area contributed by atoms with Gasteiger partial charge in [0.25, 0.3) is 0 Å². The average molecular weight is 266 g/mol. The van der Waals surface area contributed by atoms with Gasteiger partial charge in [0.2, 0.25) is 0 Å². The number of rotatable bonds is 2. The van der Waals surface area contributed by atoms with Crippen molar-refractivity contribution in [3.05, 3.63) is 0 Å². The molecule has 2 heteroatoms. The molecular weight excluding hydrogens is 232 g/mol. The van der Waals surface area contributed by atoms with Crippen LogP contribution in [0, 0.1) is 17.3 Å². The van der Waals surface area contributed by atoms with Gasteiger partial charge in [-0.25, -0.2) is 0 Å². The molecule has 0 spiro atoms. The van der Waals surface area contributed by atoms with Gasteiger partial charge in [-0.15, -0.1) is 0 Å². The van der Waals surface area contributed by atoms with Crippen molar-refractivity contribution >= 4 is 0 Å². The van der Waals surface area contributed by atoms with Gasteiger partial charge >= 0.3 is 0 Å². The molecule has 2 rings (SSSR count). The first-order valence-corrected chi connectivity index (χ1v) is 8.41. The van der Waals surface area contributed by atoms with E-state index in [2.05, 4.69) is 32.6 Å². The second kappa shape index (κ2) is 6.13. The highest BCUT2D eigenvalue weighted by Crippen LogP contribution is 2.37. The first-order valence-electron chi connectivity index (χ1n) is 8.41. The van der Waals surface area contributed by atoms with E-state index in [0.29, 0.717) is 17.5 Å². The molecule has 1 aliphatic carbocycles. The van der Waals surface area contributed by atoms with Crippen molar-refractivity contribution < 1.29 is 0 Å². The van der Waals surface area contributed by atoms with Crippen LogP contribution in [0.4, 0.5) is 0 Å². The van der Waals surface area contributed by atoms with Crippen LogP contribution in [-0.4, -0.2) is 30.1 Å². The van der Waals surface area contributed by atoms with Gasteiger partial charge in [-0.3, -0.25) is 4.90 Å². The Balaban J connectivity index is 1.89. The van der Waals surface area contributed by atoms with Gasteiger partial charge < -0.3 is 5.73 Å². The van der Waals surface area contributed by atoms with Gasteiger partial charge in [0.1, 0.15) is 0 Å². The molecule has 2 nitrogen and oxygen atoms in total. The summed E-state index contributed by atoms with van der Waals surface area (Å²) in [4.78, 5) is 2.72. The number of nitrogens with zero attached hydrogens (tertiary/aromatic N) is 1. The zero-order chi connectivity index (χ0) is 14.0. The van der Waals surface area contributed by atoms with Gasteiger partial charge in [0.05, 0.1) is 0 Å². The lowest BCUT2D eigenvalue weighted by Crippen LogP contribution is -2.54. The van der Waals surface area contributed by atoms with Crippen LogP contribution in [0.25, 0.3) is 0 Å². The molecule has 3 unspecified atom stereocenters. The Morgan fingerprint density at radius 2 is 1.68 bits per heavy atom. The highest BCUT2D eigenvalue weighted by atomic mass is 15.2. The normalized spacial score (nSPS) is 35.5. The Kier molecular flexibility index (Phi) is 4.94. The fourth-order valence-electron chi connectivity index (χ4n) is 4.14. The van der Waals surface area contributed by atoms with Crippen molar-refractivity contribution in [3.8, 4) is 0 Å². The molecule has 0 aromatic carbocycles. The minimum atomic E-state index is 0.425. The monoisotopic (exact) mass is 266 g/mol. The Bertz CT molecular complexity index is 273. The van der Waals surface area contributed by atoms with E-state index < -0.39 is 0 Å². The molecule has 112 valence electrons. The molecular formula is C17H34N2. The lowest BCUT2D eigenvalue weighted by Gasteiger charge is -2.46. The van der Waals surface area contributed by atoms with Crippen LogP contribution in [0.15, 0.2) is 0 Å². The average Bonchev–Trinajstić information content (AvgIpc) is 2.38. The fraction of sp³-hybridized carbons (Fsp3) is 1.00. The number of piperidine rings is 1. The van der Waals surface area contributed by atoms with E-state index in [9.17, 15) is 0 Å². The summed E-state index contributed by atoms with van der Waals surface area (Å²) in [6, 6.07) is 1.09. The second-order valence-electron chi connectivity index (χ2n) is 7.99. The van der Waals surface area contributed by atoms with Crippen molar-refractivity contribution in [2.45, 2.75) is 78.3 Å². The van der Waals surface area contributed by atoms with E-state index in [1.165, 1.54) is 51.6 Å². The van der Waals surface area contributed by atoms with Crippen LogP contribution in [0.3, 0.4) is 0 Å². The van der Waals surface area contributed by atoms with Gasteiger partial charge in [-0.1, -0.05) is 34.1 Å². The van der Waals surface area contributed by atoms with E-state index in [-0.39, 0.29) is 0 Å². The largest absolute Gasteiger partial charge is 0.326 e. The molecule has 0 amide bonds. The Morgan fingerprint density at radius 1 is 1.05 bits per heavy atom. The third-order valence-corrected chi connectivity index (χ3v) is 5.78. The lowest BCUT2D eigenvalue weighted by atomic mass is 9.74. The zero-order valence-corrected chi connectivity index (χ0v) is 13.5. The summed E-state index contributed by atoms with van der Waals surface area (Å²) in [6.45, 7) is 12.1. The molecule has 0 radical (unpaired) electrons. The first-order chi connectivity index (χ1) is 8.91. The van der Waals surface area contributed by atoms with Crippen molar-refractivity contribution in [1.82, 2.24) is 4.90 Å². The second-order valence-corrected chi connectivity index (χ2v) is 7.99. The summed E-state index contributed by atoms with van der Waals surface area (Å²) in [5.41, 5.74) is 6.88. The molecule has 2 fully saturated rings. The van der Waals surface area contributed by atoms with E-state index in [0.717, 1.165) is 11.8 Å². The molecule has 2 aliphatic rings. The molecule has 0 aromatic rings. The van der Waals surface area contributed by atoms with Crippen molar-refractivity contribution in [3.63, 3.8) is 0 Å². The summed E-state index contributed by atoms with van der Waals surface area (Å²) in [5, 5.41) is 0. The minimum absolute atomic E-state index is 0.425. The lowest BCUT2D eigenvalue weighted by molar-refractivity contribution is 0.0484. The molecule has 0 bridgehead atoms. The van der Waals surface area contributed by atoms with Crippen LogP contribution in [0.2, 0.25) is 0 Å². The Hall–Kier alpha value is -0.0800.